The molecule has 3 rings (SSSR count). The van der Waals surface area contributed by atoms with Crippen molar-refractivity contribution in [3.63, 3.8) is 0 Å². The van der Waals surface area contributed by atoms with E-state index >= 15 is 0 Å². The summed E-state index contributed by atoms with van der Waals surface area (Å²) in [4.78, 5) is 17.0. The van der Waals surface area contributed by atoms with Crippen LogP contribution in [0.15, 0.2) is 24.3 Å². The third kappa shape index (κ3) is 6.71. The fraction of sp³-hybridized carbons (Fsp3) is 0.667. The molecule has 2 aliphatic rings. The SMILES string of the molecule is CC(C)CN1CCOC(CNC(=O)CN2CCOC(c3ccc(Cl)cc3)C2)C1. The summed E-state index contributed by atoms with van der Waals surface area (Å²) >= 11 is 5.96. The van der Waals surface area contributed by atoms with Crippen molar-refractivity contribution < 1.29 is 14.3 Å². The van der Waals surface area contributed by atoms with Crippen molar-refractivity contribution in [3.05, 3.63) is 34.9 Å². The number of halogens is 1. The first-order valence-electron chi connectivity index (χ1n) is 10.2. The zero-order valence-corrected chi connectivity index (χ0v) is 17.7. The summed E-state index contributed by atoms with van der Waals surface area (Å²) in [6, 6.07) is 7.72. The highest BCUT2D eigenvalue weighted by molar-refractivity contribution is 6.30. The predicted molar refractivity (Wildman–Crippen MR) is 111 cm³/mol. The predicted octanol–water partition coefficient (Wildman–Crippen LogP) is 2.19. The minimum absolute atomic E-state index is 0.0231. The van der Waals surface area contributed by atoms with Crippen LogP contribution in [0, 0.1) is 5.92 Å². The lowest BCUT2D eigenvalue weighted by atomic mass is 10.1. The van der Waals surface area contributed by atoms with Gasteiger partial charge in [0.2, 0.25) is 5.91 Å². The van der Waals surface area contributed by atoms with E-state index in [4.69, 9.17) is 21.1 Å². The third-order valence-corrected chi connectivity index (χ3v) is 5.38. The molecular formula is C21H32ClN3O3. The second kappa shape index (κ2) is 10.6. The van der Waals surface area contributed by atoms with Crippen molar-refractivity contribution in [2.75, 3.05) is 59.0 Å². The first-order chi connectivity index (χ1) is 13.5. The van der Waals surface area contributed by atoms with E-state index in [0.29, 0.717) is 37.2 Å². The molecule has 28 heavy (non-hydrogen) atoms. The quantitative estimate of drug-likeness (QED) is 0.748. The molecule has 0 aliphatic carbocycles. The van der Waals surface area contributed by atoms with E-state index in [-0.39, 0.29) is 18.1 Å². The van der Waals surface area contributed by atoms with Crippen LogP contribution in [-0.2, 0) is 14.3 Å². The maximum absolute atomic E-state index is 12.4. The van der Waals surface area contributed by atoms with Crippen molar-refractivity contribution in [1.29, 1.82) is 0 Å². The van der Waals surface area contributed by atoms with Gasteiger partial charge in [-0.05, 0) is 23.6 Å². The lowest BCUT2D eigenvalue weighted by Gasteiger charge is -2.34. The van der Waals surface area contributed by atoms with Crippen LogP contribution in [0.3, 0.4) is 0 Å². The molecule has 2 atom stereocenters. The van der Waals surface area contributed by atoms with Gasteiger partial charge in [0.1, 0.15) is 0 Å². The highest BCUT2D eigenvalue weighted by Gasteiger charge is 2.25. The van der Waals surface area contributed by atoms with Crippen LogP contribution < -0.4 is 5.32 Å². The molecule has 2 saturated heterocycles. The maximum atomic E-state index is 12.4. The van der Waals surface area contributed by atoms with E-state index in [0.717, 1.165) is 38.3 Å². The van der Waals surface area contributed by atoms with E-state index in [1.54, 1.807) is 0 Å². The van der Waals surface area contributed by atoms with Crippen molar-refractivity contribution >= 4 is 17.5 Å². The van der Waals surface area contributed by atoms with E-state index in [1.165, 1.54) is 0 Å². The minimum atomic E-state index is -0.0231. The van der Waals surface area contributed by atoms with Gasteiger partial charge >= 0.3 is 0 Å². The van der Waals surface area contributed by atoms with Crippen LogP contribution >= 0.6 is 11.6 Å². The lowest BCUT2D eigenvalue weighted by Crippen LogP contribution is -2.50. The molecule has 0 aromatic heterocycles. The molecule has 156 valence electrons. The highest BCUT2D eigenvalue weighted by atomic mass is 35.5. The molecule has 0 bridgehead atoms. The molecule has 7 heteroatoms. The van der Waals surface area contributed by atoms with Gasteiger partial charge in [-0.25, -0.2) is 0 Å². The molecule has 6 nitrogen and oxygen atoms in total. The molecule has 1 N–H and O–H groups in total. The summed E-state index contributed by atoms with van der Waals surface area (Å²) < 4.78 is 11.7. The first-order valence-corrected chi connectivity index (χ1v) is 10.6. The van der Waals surface area contributed by atoms with Crippen LogP contribution in [0.1, 0.15) is 25.5 Å². The normalized spacial score (nSPS) is 24.4. The highest BCUT2D eigenvalue weighted by Crippen LogP contribution is 2.23. The number of carbonyl (C=O) groups is 1. The molecular weight excluding hydrogens is 378 g/mol. The Morgan fingerprint density at radius 3 is 2.61 bits per heavy atom. The number of rotatable bonds is 7. The molecule has 0 spiro atoms. The fourth-order valence-electron chi connectivity index (χ4n) is 3.80. The zero-order valence-electron chi connectivity index (χ0n) is 16.9. The van der Waals surface area contributed by atoms with Gasteiger partial charge in [-0.2, -0.15) is 0 Å². The second-order valence-electron chi connectivity index (χ2n) is 8.10. The Kier molecular flexibility index (Phi) is 8.11. The van der Waals surface area contributed by atoms with Crippen LogP contribution in [-0.4, -0.2) is 80.8 Å². The number of ether oxygens (including phenoxy) is 2. The number of nitrogens with zero attached hydrogens (tertiary/aromatic N) is 2. The molecule has 2 heterocycles. The first kappa shape index (κ1) is 21.5. The standard InChI is InChI=1S/C21H32ClN3O3/c1-16(2)12-24-7-9-27-19(13-24)11-23-21(26)15-25-8-10-28-20(14-25)17-3-5-18(22)6-4-17/h3-6,16,19-20H,7-15H2,1-2H3,(H,23,26). The van der Waals surface area contributed by atoms with E-state index in [2.05, 4.69) is 29.0 Å². The number of hydrogen-bond donors (Lipinski definition) is 1. The van der Waals surface area contributed by atoms with Gasteiger partial charge in [0.05, 0.1) is 32.0 Å². The summed E-state index contributed by atoms with van der Waals surface area (Å²) in [6.45, 7) is 11.2. The molecule has 0 saturated carbocycles. The molecule has 2 aliphatic heterocycles. The number of amides is 1. The Hall–Kier alpha value is -1.18. The number of carbonyl (C=O) groups excluding carboxylic acids is 1. The van der Waals surface area contributed by atoms with Gasteiger partial charge in [-0.15, -0.1) is 0 Å². The van der Waals surface area contributed by atoms with Gasteiger partial charge < -0.3 is 14.8 Å². The van der Waals surface area contributed by atoms with Crippen LogP contribution in [0.5, 0.6) is 0 Å². The van der Waals surface area contributed by atoms with E-state index < -0.39 is 0 Å². The Labute approximate surface area is 173 Å². The van der Waals surface area contributed by atoms with Crippen LogP contribution in [0.2, 0.25) is 5.02 Å². The van der Waals surface area contributed by atoms with Gasteiger partial charge in [-0.1, -0.05) is 37.6 Å². The molecule has 2 fully saturated rings. The van der Waals surface area contributed by atoms with Crippen molar-refractivity contribution in [2.24, 2.45) is 5.92 Å². The monoisotopic (exact) mass is 409 g/mol. The summed E-state index contributed by atoms with van der Waals surface area (Å²) in [5, 5.41) is 3.76. The summed E-state index contributed by atoms with van der Waals surface area (Å²) in [7, 11) is 0. The van der Waals surface area contributed by atoms with Crippen molar-refractivity contribution in [1.82, 2.24) is 15.1 Å². The molecule has 2 unspecified atom stereocenters. The molecule has 0 radical (unpaired) electrons. The molecule has 1 aromatic rings. The topological polar surface area (TPSA) is 54.0 Å². The summed E-state index contributed by atoms with van der Waals surface area (Å²) in [5.74, 6) is 0.685. The largest absolute Gasteiger partial charge is 0.374 e. The van der Waals surface area contributed by atoms with Gasteiger partial charge in [0, 0.05) is 44.3 Å². The fourth-order valence-corrected chi connectivity index (χ4v) is 3.92. The number of nitrogens with one attached hydrogen (secondary N) is 1. The Balaban J connectivity index is 1.41. The number of morpholine rings is 2. The Bertz CT molecular complexity index is 626. The zero-order chi connectivity index (χ0) is 19.9. The minimum Gasteiger partial charge on any atom is -0.374 e. The van der Waals surface area contributed by atoms with Crippen molar-refractivity contribution in [2.45, 2.75) is 26.1 Å². The molecule has 1 amide bonds. The Morgan fingerprint density at radius 2 is 1.86 bits per heavy atom. The summed E-state index contributed by atoms with van der Waals surface area (Å²) in [6.07, 6.45) is 0.0491. The number of hydrogen-bond acceptors (Lipinski definition) is 5. The van der Waals surface area contributed by atoms with Crippen LogP contribution in [0.4, 0.5) is 0 Å². The van der Waals surface area contributed by atoms with Gasteiger partial charge in [-0.3, -0.25) is 14.6 Å². The van der Waals surface area contributed by atoms with Gasteiger partial charge in [0.25, 0.3) is 0 Å². The van der Waals surface area contributed by atoms with Crippen LogP contribution in [0.25, 0.3) is 0 Å². The molecule has 1 aromatic carbocycles. The average Bonchev–Trinajstić information content (AvgIpc) is 2.67. The van der Waals surface area contributed by atoms with E-state index in [9.17, 15) is 4.79 Å². The average molecular weight is 410 g/mol. The van der Waals surface area contributed by atoms with Crippen molar-refractivity contribution in [3.8, 4) is 0 Å². The smallest absolute Gasteiger partial charge is 0.234 e. The number of benzene rings is 1. The maximum Gasteiger partial charge on any atom is 0.234 e. The lowest BCUT2D eigenvalue weighted by molar-refractivity contribution is -0.125. The van der Waals surface area contributed by atoms with E-state index in [1.807, 2.05) is 24.3 Å². The third-order valence-electron chi connectivity index (χ3n) is 5.13. The summed E-state index contributed by atoms with van der Waals surface area (Å²) in [5.41, 5.74) is 1.09. The van der Waals surface area contributed by atoms with Gasteiger partial charge in [0.15, 0.2) is 0 Å². The Morgan fingerprint density at radius 1 is 1.14 bits per heavy atom. The second-order valence-corrected chi connectivity index (χ2v) is 8.53.